The van der Waals surface area contributed by atoms with Crippen LogP contribution in [0.1, 0.15) is 33.9 Å². The lowest BCUT2D eigenvalue weighted by atomic mass is 10.0. The first-order valence-electron chi connectivity index (χ1n) is 7.76. The van der Waals surface area contributed by atoms with Crippen LogP contribution >= 0.6 is 0 Å². The van der Waals surface area contributed by atoms with E-state index in [4.69, 9.17) is 0 Å². The minimum atomic E-state index is 0.624. The molecule has 2 aliphatic carbocycles. The molecular weight excluding hydrogens is 272 g/mol. The van der Waals surface area contributed by atoms with E-state index < -0.39 is 0 Å². The number of rotatable bonds is 3. The number of nitrogens with one attached hydrogen (secondary N) is 1. The highest BCUT2D eigenvalue weighted by atomic mass is 15.2. The Morgan fingerprint density at radius 2 is 2.09 bits per heavy atom. The number of nitrogens with zero attached hydrogens (tertiary/aromatic N) is 3. The molecule has 2 aromatic rings. The zero-order valence-electron chi connectivity index (χ0n) is 12.8. The Hall–Kier alpha value is -2.41. The summed E-state index contributed by atoms with van der Waals surface area (Å²) in [5.74, 6) is 2.73. The van der Waals surface area contributed by atoms with E-state index in [0.717, 1.165) is 23.7 Å². The Labute approximate surface area is 130 Å². The van der Waals surface area contributed by atoms with Crippen molar-refractivity contribution in [3.05, 3.63) is 52.2 Å². The summed E-state index contributed by atoms with van der Waals surface area (Å²) in [7, 11) is 0. The van der Waals surface area contributed by atoms with Gasteiger partial charge in [-0.1, -0.05) is 24.3 Å². The van der Waals surface area contributed by atoms with Crippen LogP contribution < -0.4 is 5.32 Å². The second kappa shape index (κ2) is 4.81. The van der Waals surface area contributed by atoms with Crippen molar-refractivity contribution in [2.24, 2.45) is 11.8 Å². The van der Waals surface area contributed by atoms with E-state index >= 15 is 0 Å². The maximum absolute atomic E-state index is 9.34. The number of benzene rings is 1. The largest absolute Gasteiger partial charge is 0.367 e. The third-order valence-electron chi connectivity index (χ3n) is 5.27. The molecule has 4 heteroatoms. The van der Waals surface area contributed by atoms with E-state index in [1.54, 1.807) is 0 Å². The standard InChI is InChI=1S/C18H18N4/c1-10-11(2)21-22-18(15(10)8-19)20-9-16-14-7-12-5-3-4-6-13(12)17(14)16/h3-6,14,16-17H,7,9H2,1-2H3,(H,20,22). The molecule has 0 bridgehead atoms. The number of hydrogen-bond donors (Lipinski definition) is 1. The third kappa shape index (κ3) is 1.89. The lowest BCUT2D eigenvalue weighted by Crippen LogP contribution is -2.12. The van der Waals surface area contributed by atoms with E-state index in [-0.39, 0.29) is 0 Å². The van der Waals surface area contributed by atoms with Crippen molar-refractivity contribution in [3.63, 3.8) is 0 Å². The molecule has 0 saturated heterocycles. The average molecular weight is 290 g/mol. The Bertz CT molecular complexity index is 790. The van der Waals surface area contributed by atoms with Gasteiger partial charge in [0, 0.05) is 6.54 Å². The van der Waals surface area contributed by atoms with Crippen molar-refractivity contribution in [1.29, 1.82) is 5.26 Å². The van der Waals surface area contributed by atoms with Gasteiger partial charge in [0.2, 0.25) is 0 Å². The van der Waals surface area contributed by atoms with Crippen LogP contribution in [0.2, 0.25) is 0 Å². The molecule has 1 saturated carbocycles. The van der Waals surface area contributed by atoms with Gasteiger partial charge in [-0.25, -0.2) is 0 Å². The van der Waals surface area contributed by atoms with E-state index in [1.807, 2.05) is 13.8 Å². The fraction of sp³-hybridized carbons (Fsp3) is 0.389. The number of anilines is 1. The molecule has 2 aliphatic rings. The average Bonchev–Trinajstić information content (AvgIpc) is 3.07. The van der Waals surface area contributed by atoms with Gasteiger partial charge in [-0.15, -0.1) is 5.10 Å². The van der Waals surface area contributed by atoms with Crippen LogP contribution in [-0.2, 0) is 6.42 Å². The molecular formula is C18H18N4. The van der Waals surface area contributed by atoms with Crippen molar-refractivity contribution in [2.45, 2.75) is 26.2 Å². The highest BCUT2D eigenvalue weighted by Crippen LogP contribution is 2.61. The van der Waals surface area contributed by atoms with Gasteiger partial charge in [-0.05, 0) is 54.7 Å². The van der Waals surface area contributed by atoms with Gasteiger partial charge >= 0.3 is 0 Å². The van der Waals surface area contributed by atoms with Crippen LogP contribution in [0.25, 0.3) is 0 Å². The second-order valence-corrected chi connectivity index (χ2v) is 6.38. The highest BCUT2D eigenvalue weighted by Gasteiger charge is 2.54. The number of aromatic nitrogens is 2. The molecule has 0 spiro atoms. The van der Waals surface area contributed by atoms with Crippen LogP contribution in [0, 0.1) is 37.0 Å². The summed E-state index contributed by atoms with van der Waals surface area (Å²) in [4.78, 5) is 0. The number of nitriles is 1. The second-order valence-electron chi connectivity index (χ2n) is 6.38. The van der Waals surface area contributed by atoms with E-state index in [2.05, 4.69) is 45.8 Å². The molecule has 1 aromatic carbocycles. The summed E-state index contributed by atoms with van der Waals surface area (Å²) in [6.45, 7) is 4.68. The van der Waals surface area contributed by atoms with Crippen molar-refractivity contribution in [1.82, 2.24) is 10.2 Å². The van der Waals surface area contributed by atoms with Crippen LogP contribution in [0.3, 0.4) is 0 Å². The predicted octanol–water partition coefficient (Wildman–Crippen LogP) is 2.96. The highest BCUT2D eigenvalue weighted by molar-refractivity contribution is 5.56. The zero-order chi connectivity index (χ0) is 15.3. The smallest absolute Gasteiger partial charge is 0.166 e. The Morgan fingerprint density at radius 3 is 2.91 bits per heavy atom. The molecule has 1 heterocycles. The monoisotopic (exact) mass is 290 g/mol. The van der Waals surface area contributed by atoms with Gasteiger partial charge in [-0.3, -0.25) is 0 Å². The van der Waals surface area contributed by atoms with Crippen LogP contribution in [-0.4, -0.2) is 16.7 Å². The molecule has 1 aromatic heterocycles. The molecule has 3 unspecified atom stereocenters. The first-order chi connectivity index (χ1) is 10.7. The van der Waals surface area contributed by atoms with Crippen molar-refractivity contribution in [2.75, 3.05) is 11.9 Å². The molecule has 1 fully saturated rings. The van der Waals surface area contributed by atoms with E-state index in [1.165, 1.54) is 17.5 Å². The molecule has 0 amide bonds. The van der Waals surface area contributed by atoms with Gasteiger partial charge in [0.25, 0.3) is 0 Å². The first kappa shape index (κ1) is 13.3. The SMILES string of the molecule is Cc1nnc(NCC2C3Cc4ccccc4C23)c(C#N)c1C. The summed E-state index contributed by atoms with van der Waals surface area (Å²) < 4.78 is 0. The Morgan fingerprint density at radius 1 is 1.27 bits per heavy atom. The molecule has 4 nitrogen and oxygen atoms in total. The summed E-state index contributed by atoms with van der Waals surface area (Å²) in [6.07, 6.45) is 1.19. The van der Waals surface area contributed by atoms with Gasteiger partial charge in [0.05, 0.1) is 5.69 Å². The normalized spacial score (nSPS) is 24.3. The lowest BCUT2D eigenvalue weighted by Gasteiger charge is -2.11. The van der Waals surface area contributed by atoms with Gasteiger partial charge in [0.15, 0.2) is 5.82 Å². The van der Waals surface area contributed by atoms with E-state index in [0.29, 0.717) is 23.2 Å². The first-order valence-corrected chi connectivity index (χ1v) is 7.76. The summed E-state index contributed by atoms with van der Waals surface area (Å²) in [5, 5.41) is 21.0. The Kier molecular flexibility index (Phi) is 2.90. The topological polar surface area (TPSA) is 61.6 Å². The maximum Gasteiger partial charge on any atom is 0.166 e. The molecule has 4 rings (SSSR count). The minimum Gasteiger partial charge on any atom is -0.367 e. The Balaban J connectivity index is 1.48. The van der Waals surface area contributed by atoms with E-state index in [9.17, 15) is 5.26 Å². The zero-order valence-corrected chi connectivity index (χ0v) is 12.8. The number of aryl methyl sites for hydroxylation is 1. The molecule has 0 radical (unpaired) electrons. The molecule has 3 atom stereocenters. The fourth-order valence-corrected chi connectivity index (χ4v) is 3.85. The van der Waals surface area contributed by atoms with Crippen molar-refractivity contribution < 1.29 is 0 Å². The van der Waals surface area contributed by atoms with Crippen LogP contribution in [0.5, 0.6) is 0 Å². The fourth-order valence-electron chi connectivity index (χ4n) is 3.85. The van der Waals surface area contributed by atoms with Crippen LogP contribution in [0.4, 0.5) is 5.82 Å². The molecule has 22 heavy (non-hydrogen) atoms. The van der Waals surface area contributed by atoms with Crippen molar-refractivity contribution in [3.8, 4) is 6.07 Å². The lowest BCUT2D eigenvalue weighted by molar-refractivity contribution is 0.716. The van der Waals surface area contributed by atoms with Gasteiger partial charge in [-0.2, -0.15) is 10.4 Å². The minimum absolute atomic E-state index is 0.624. The molecule has 1 N–H and O–H groups in total. The summed E-state index contributed by atoms with van der Waals surface area (Å²) >= 11 is 0. The maximum atomic E-state index is 9.34. The van der Waals surface area contributed by atoms with Crippen LogP contribution in [0.15, 0.2) is 24.3 Å². The number of fused-ring (bicyclic) bond motifs is 3. The molecule has 0 aliphatic heterocycles. The summed E-state index contributed by atoms with van der Waals surface area (Å²) in [6, 6.07) is 11.0. The predicted molar refractivity (Wildman–Crippen MR) is 84.6 cm³/mol. The quantitative estimate of drug-likeness (QED) is 0.944. The van der Waals surface area contributed by atoms with Gasteiger partial charge < -0.3 is 5.32 Å². The van der Waals surface area contributed by atoms with Gasteiger partial charge in [0.1, 0.15) is 11.6 Å². The number of hydrogen-bond acceptors (Lipinski definition) is 4. The summed E-state index contributed by atoms with van der Waals surface area (Å²) in [5.41, 5.74) is 5.39. The van der Waals surface area contributed by atoms with Crippen molar-refractivity contribution >= 4 is 5.82 Å². The third-order valence-corrected chi connectivity index (χ3v) is 5.27. The molecule has 110 valence electrons.